The minimum absolute atomic E-state index is 0.146. The molecule has 9 aromatic rings. The lowest BCUT2D eigenvalue weighted by atomic mass is 9.81. The Labute approximate surface area is 297 Å². The highest BCUT2D eigenvalue weighted by molar-refractivity contribution is 6.23. The highest BCUT2D eigenvalue weighted by Gasteiger charge is 2.37. The predicted molar refractivity (Wildman–Crippen MR) is 214 cm³/mol. The topological polar surface area (TPSA) is 16.4 Å². The SMILES string of the molecule is CC1(C)c2cc(-c3ccccc3)ccc2-c2c(-c3cc4c(oc5cccc(N(c6ccccc6)c6ccccc6)c54)c4ccccc34)cccc21. The maximum atomic E-state index is 6.83. The Morgan fingerprint density at radius 3 is 1.82 bits per heavy atom. The summed E-state index contributed by atoms with van der Waals surface area (Å²) in [6.07, 6.45) is 0. The Kier molecular flexibility index (Phi) is 6.56. The fourth-order valence-electron chi connectivity index (χ4n) is 8.44. The molecule has 0 radical (unpaired) electrons. The molecule has 1 heterocycles. The van der Waals surface area contributed by atoms with Crippen molar-refractivity contribution >= 4 is 49.8 Å². The van der Waals surface area contributed by atoms with Crippen molar-refractivity contribution in [2.45, 2.75) is 19.3 Å². The van der Waals surface area contributed by atoms with Crippen molar-refractivity contribution in [2.24, 2.45) is 0 Å². The van der Waals surface area contributed by atoms with Gasteiger partial charge in [0.05, 0.1) is 11.1 Å². The third-order valence-electron chi connectivity index (χ3n) is 10.8. The van der Waals surface area contributed by atoms with Gasteiger partial charge in [-0.15, -0.1) is 0 Å². The van der Waals surface area contributed by atoms with Gasteiger partial charge in [-0.1, -0.05) is 141 Å². The molecule has 0 unspecified atom stereocenters. The largest absolute Gasteiger partial charge is 0.455 e. The molecule has 51 heavy (non-hydrogen) atoms. The van der Waals surface area contributed by atoms with Crippen LogP contribution in [0.1, 0.15) is 25.0 Å². The van der Waals surface area contributed by atoms with Crippen molar-refractivity contribution in [1.82, 2.24) is 0 Å². The number of hydrogen-bond acceptors (Lipinski definition) is 2. The second kappa shape index (κ2) is 11.3. The molecule has 0 bridgehead atoms. The molecule has 1 aliphatic carbocycles. The van der Waals surface area contributed by atoms with Crippen molar-refractivity contribution < 1.29 is 4.42 Å². The summed E-state index contributed by atoms with van der Waals surface area (Å²) in [5.41, 5.74) is 15.3. The van der Waals surface area contributed by atoms with Crippen LogP contribution in [-0.4, -0.2) is 0 Å². The van der Waals surface area contributed by atoms with Crippen LogP contribution in [0.5, 0.6) is 0 Å². The first-order chi connectivity index (χ1) is 25.1. The van der Waals surface area contributed by atoms with Crippen LogP contribution in [0.3, 0.4) is 0 Å². The van der Waals surface area contributed by atoms with E-state index in [0.717, 1.165) is 44.4 Å². The van der Waals surface area contributed by atoms with E-state index in [1.54, 1.807) is 0 Å². The maximum Gasteiger partial charge on any atom is 0.143 e. The number of furan rings is 1. The van der Waals surface area contributed by atoms with Gasteiger partial charge in [0.1, 0.15) is 11.2 Å². The van der Waals surface area contributed by atoms with Crippen molar-refractivity contribution in [1.29, 1.82) is 0 Å². The summed E-state index contributed by atoms with van der Waals surface area (Å²) in [7, 11) is 0. The molecule has 10 rings (SSSR count). The van der Waals surface area contributed by atoms with Crippen molar-refractivity contribution in [3.05, 3.63) is 187 Å². The summed E-state index contributed by atoms with van der Waals surface area (Å²) in [6, 6.07) is 63.4. The van der Waals surface area contributed by atoms with Gasteiger partial charge < -0.3 is 9.32 Å². The quantitative estimate of drug-likeness (QED) is 0.184. The van der Waals surface area contributed by atoms with E-state index >= 15 is 0 Å². The normalized spacial score (nSPS) is 13.1. The molecule has 2 heteroatoms. The molecule has 0 N–H and O–H groups in total. The lowest BCUT2D eigenvalue weighted by Crippen LogP contribution is -2.15. The Hall–Kier alpha value is -6.38. The molecule has 0 amide bonds. The fraction of sp³-hybridized carbons (Fsp3) is 0.0612. The summed E-state index contributed by atoms with van der Waals surface area (Å²) in [6.45, 7) is 4.74. The zero-order valence-corrected chi connectivity index (χ0v) is 28.6. The highest BCUT2D eigenvalue weighted by Crippen LogP contribution is 2.54. The monoisotopic (exact) mass is 653 g/mol. The minimum atomic E-state index is -0.146. The van der Waals surface area contributed by atoms with E-state index in [-0.39, 0.29) is 5.41 Å². The van der Waals surface area contributed by atoms with Crippen molar-refractivity contribution in [3.8, 4) is 33.4 Å². The molecule has 8 aromatic carbocycles. The molecular weight excluding hydrogens is 619 g/mol. The van der Waals surface area contributed by atoms with Crippen LogP contribution in [0, 0.1) is 0 Å². The summed E-state index contributed by atoms with van der Waals surface area (Å²) in [5, 5.41) is 4.52. The number of benzene rings is 8. The van der Waals surface area contributed by atoms with Gasteiger partial charge in [-0.25, -0.2) is 0 Å². The van der Waals surface area contributed by atoms with Gasteiger partial charge >= 0.3 is 0 Å². The van der Waals surface area contributed by atoms with E-state index < -0.39 is 0 Å². The maximum absolute atomic E-state index is 6.83. The molecule has 2 nitrogen and oxygen atoms in total. The van der Waals surface area contributed by atoms with Gasteiger partial charge in [-0.2, -0.15) is 0 Å². The lowest BCUT2D eigenvalue weighted by molar-refractivity contribution is 0.660. The van der Waals surface area contributed by atoms with Crippen LogP contribution in [0.25, 0.3) is 66.1 Å². The van der Waals surface area contributed by atoms with E-state index in [9.17, 15) is 0 Å². The van der Waals surface area contributed by atoms with E-state index in [1.165, 1.54) is 49.9 Å². The molecule has 1 aliphatic rings. The van der Waals surface area contributed by atoms with E-state index in [1.807, 2.05) is 0 Å². The molecule has 1 aromatic heterocycles. The third kappa shape index (κ3) is 4.50. The van der Waals surface area contributed by atoms with Crippen LogP contribution in [0.2, 0.25) is 0 Å². The average molecular weight is 654 g/mol. The Balaban J connectivity index is 1.25. The molecule has 0 saturated carbocycles. The smallest absolute Gasteiger partial charge is 0.143 e. The molecule has 0 atom stereocenters. The van der Waals surface area contributed by atoms with E-state index in [4.69, 9.17) is 4.42 Å². The van der Waals surface area contributed by atoms with Gasteiger partial charge in [0.25, 0.3) is 0 Å². The first-order valence-electron chi connectivity index (χ1n) is 17.7. The molecule has 0 fully saturated rings. The summed E-state index contributed by atoms with van der Waals surface area (Å²) < 4.78 is 6.83. The van der Waals surface area contributed by atoms with Gasteiger partial charge in [0, 0.05) is 27.6 Å². The van der Waals surface area contributed by atoms with E-state index in [0.29, 0.717) is 0 Å². The van der Waals surface area contributed by atoms with Gasteiger partial charge in [0.15, 0.2) is 0 Å². The van der Waals surface area contributed by atoms with Gasteiger partial charge in [0.2, 0.25) is 0 Å². The van der Waals surface area contributed by atoms with Gasteiger partial charge in [-0.05, 0) is 98.4 Å². The second-order valence-corrected chi connectivity index (χ2v) is 14.1. The van der Waals surface area contributed by atoms with Crippen LogP contribution >= 0.6 is 0 Å². The first-order valence-corrected chi connectivity index (χ1v) is 17.7. The summed E-state index contributed by atoms with van der Waals surface area (Å²) >= 11 is 0. The lowest BCUT2D eigenvalue weighted by Gasteiger charge is -2.26. The predicted octanol–water partition coefficient (Wildman–Crippen LogP) is 13.8. The molecule has 0 aliphatic heterocycles. The Morgan fingerprint density at radius 2 is 1.10 bits per heavy atom. The second-order valence-electron chi connectivity index (χ2n) is 14.1. The number of para-hydroxylation sites is 2. The molecule has 0 spiro atoms. The third-order valence-corrected chi connectivity index (χ3v) is 10.8. The minimum Gasteiger partial charge on any atom is -0.455 e. The standard InChI is InChI=1S/C49H35NO/c1-49(2)42-25-14-24-37(46(42)39-29-28-33(30-43(39)49)32-16-6-3-7-17-32)40-31-41-47-44(50(34-18-8-4-9-19-34)35-20-10-5-11-21-35)26-15-27-45(47)51-48(41)38-23-13-12-22-36(38)40/h3-31H,1-2H3. The number of rotatable bonds is 5. The number of hydrogen-bond donors (Lipinski definition) is 0. The number of fused-ring (bicyclic) bond motifs is 8. The summed E-state index contributed by atoms with van der Waals surface area (Å²) in [4.78, 5) is 2.34. The van der Waals surface area contributed by atoms with Crippen molar-refractivity contribution in [2.75, 3.05) is 4.90 Å². The molecular formula is C49H35NO. The molecule has 242 valence electrons. The van der Waals surface area contributed by atoms with Gasteiger partial charge in [-0.3, -0.25) is 0 Å². The van der Waals surface area contributed by atoms with Crippen LogP contribution in [0.15, 0.2) is 180 Å². The first kappa shape index (κ1) is 29.5. The van der Waals surface area contributed by atoms with Crippen molar-refractivity contribution in [3.63, 3.8) is 0 Å². The van der Waals surface area contributed by atoms with Crippen LogP contribution < -0.4 is 4.90 Å². The van der Waals surface area contributed by atoms with Crippen LogP contribution in [0.4, 0.5) is 17.1 Å². The molecule has 0 saturated heterocycles. The Bertz CT molecular complexity index is 2720. The fourth-order valence-corrected chi connectivity index (χ4v) is 8.44. The average Bonchev–Trinajstić information content (AvgIpc) is 3.68. The zero-order valence-electron chi connectivity index (χ0n) is 28.6. The highest BCUT2D eigenvalue weighted by atomic mass is 16.3. The number of nitrogens with zero attached hydrogens (tertiary/aromatic N) is 1. The van der Waals surface area contributed by atoms with E-state index in [2.05, 4.69) is 195 Å². The zero-order chi connectivity index (χ0) is 34.1. The van der Waals surface area contributed by atoms with Crippen LogP contribution in [-0.2, 0) is 5.41 Å². The Morgan fingerprint density at radius 1 is 0.451 bits per heavy atom. The number of anilines is 3. The summed E-state index contributed by atoms with van der Waals surface area (Å²) in [5.74, 6) is 0.